The first-order valence-electron chi connectivity index (χ1n) is 5.23. The summed E-state index contributed by atoms with van der Waals surface area (Å²) in [7, 11) is 0. The fourth-order valence-corrected chi connectivity index (χ4v) is 1.75. The van der Waals surface area contributed by atoms with E-state index in [-0.39, 0.29) is 0 Å². The van der Waals surface area contributed by atoms with Crippen molar-refractivity contribution in [3.05, 3.63) is 41.2 Å². The first kappa shape index (κ1) is 9.88. The molecule has 76 valence electrons. The first-order chi connectivity index (χ1) is 7.16. The minimum atomic E-state index is 0.967. The Labute approximate surface area is 90.3 Å². The van der Waals surface area contributed by atoms with Crippen LogP contribution in [-0.4, -0.2) is 12.1 Å². The summed E-state index contributed by atoms with van der Waals surface area (Å²) in [6, 6.07) is 4.27. The van der Waals surface area contributed by atoms with Crippen LogP contribution in [0.1, 0.15) is 24.6 Å². The molecular formula is C13H16N2+2. The first-order valence-corrected chi connectivity index (χ1v) is 5.23. The van der Waals surface area contributed by atoms with Crippen LogP contribution in [0.2, 0.25) is 0 Å². The summed E-state index contributed by atoms with van der Waals surface area (Å²) in [5.41, 5.74) is 3.85. The van der Waals surface area contributed by atoms with Gasteiger partial charge in [0.25, 0.3) is 6.21 Å². The van der Waals surface area contributed by atoms with Gasteiger partial charge >= 0.3 is 5.84 Å². The molecule has 0 N–H and O–H groups in total. The van der Waals surface area contributed by atoms with Crippen molar-refractivity contribution in [1.29, 1.82) is 0 Å². The summed E-state index contributed by atoms with van der Waals surface area (Å²) in [5, 5.41) is 0. The van der Waals surface area contributed by atoms with Gasteiger partial charge in [-0.2, -0.15) is 0 Å². The molecule has 0 aliphatic carbocycles. The summed E-state index contributed by atoms with van der Waals surface area (Å²) in [6.45, 7) is 6.34. The van der Waals surface area contributed by atoms with Crippen molar-refractivity contribution < 1.29 is 4.57 Å². The minimum absolute atomic E-state index is 0.967. The molecule has 1 aliphatic heterocycles. The number of hydrogen-bond acceptors (Lipinski definition) is 0. The molecular weight excluding hydrogens is 184 g/mol. The van der Waals surface area contributed by atoms with Gasteiger partial charge in [0.1, 0.15) is 6.08 Å². The van der Waals surface area contributed by atoms with Gasteiger partial charge in [-0.3, -0.25) is 0 Å². The summed E-state index contributed by atoms with van der Waals surface area (Å²) < 4.78 is 6.54. The topological polar surface area (TPSA) is 18.0 Å². The van der Waals surface area contributed by atoms with E-state index in [9.17, 15) is 0 Å². The third-order valence-electron chi connectivity index (χ3n) is 2.56. The normalized spacial score (nSPS) is 14.9. The molecule has 1 aliphatic rings. The monoisotopic (exact) mass is 200 g/mol. The number of hydrogen-bond donors (Lipinski definition) is 0. The highest BCUT2D eigenvalue weighted by atomic mass is 15.0. The van der Waals surface area contributed by atoms with E-state index < -0.39 is 0 Å². The van der Waals surface area contributed by atoms with Crippen molar-refractivity contribution in [3.8, 4) is 0 Å². The van der Waals surface area contributed by atoms with Crippen LogP contribution in [0.5, 0.6) is 0 Å². The van der Waals surface area contributed by atoms with Crippen LogP contribution < -0.4 is 9.24 Å². The molecule has 1 aromatic heterocycles. The molecule has 2 heteroatoms. The highest BCUT2D eigenvalue weighted by Gasteiger charge is 2.24. The maximum Gasteiger partial charge on any atom is 0.562 e. The number of pyridine rings is 1. The van der Waals surface area contributed by atoms with Gasteiger partial charge in [0, 0.05) is 19.1 Å². The summed E-state index contributed by atoms with van der Waals surface area (Å²) >= 11 is 0. The highest BCUT2D eigenvalue weighted by Crippen LogP contribution is 2.00. The van der Waals surface area contributed by atoms with E-state index in [2.05, 4.69) is 54.4 Å². The van der Waals surface area contributed by atoms with E-state index in [1.807, 2.05) is 6.21 Å². The van der Waals surface area contributed by atoms with E-state index in [0.717, 1.165) is 12.3 Å². The smallest absolute Gasteiger partial charge is 0.0940 e. The molecule has 0 amide bonds. The van der Waals surface area contributed by atoms with Crippen LogP contribution in [0, 0.1) is 13.8 Å². The van der Waals surface area contributed by atoms with Gasteiger partial charge in [0.05, 0.1) is 6.42 Å². The Balaban J connectivity index is 2.51. The molecule has 0 radical (unpaired) electrons. The van der Waals surface area contributed by atoms with E-state index >= 15 is 0 Å². The van der Waals surface area contributed by atoms with Crippen LogP contribution >= 0.6 is 0 Å². The van der Waals surface area contributed by atoms with Gasteiger partial charge in [-0.1, -0.05) is 4.57 Å². The van der Waals surface area contributed by atoms with Gasteiger partial charge in [0.15, 0.2) is 11.9 Å². The van der Waals surface area contributed by atoms with Gasteiger partial charge in [-0.05, 0) is 29.7 Å². The quantitative estimate of drug-likeness (QED) is 0.444. The standard InChI is InChI=1S/C13H16N2/c1-10-4-6-14-13(9-10)15-7-5-11(2)8-12(15)3/h5-9H,4H2,1-3H3/q+2. The molecule has 0 spiro atoms. The lowest BCUT2D eigenvalue weighted by Crippen LogP contribution is -2.46. The van der Waals surface area contributed by atoms with Crippen molar-refractivity contribution >= 4 is 12.1 Å². The fraction of sp³-hybridized carbons (Fsp3) is 0.308. The molecule has 2 nitrogen and oxygen atoms in total. The molecule has 0 atom stereocenters. The largest absolute Gasteiger partial charge is 0.562 e. The summed E-state index contributed by atoms with van der Waals surface area (Å²) in [4.78, 5) is 0. The second-order valence-corrected chi connectivity index (χ2v) is 4.08. The maximum atomic E-state index is 4.42. The molecule has 0 unspecified atom stereocenters. The van der Waals surface area contributed by atoms with Gasteiger partial charge in [0.2, 0.25) is 0 Å². The van der Waals surface area contributed by atoms with E-state index in [4.69, 9.17) is 0 Å². The third kappa shape index (κ3) is 2.05. The molecule has 0 saturated carbocycles. The Kier molecular flexibility index (Phi) is 2.53. The van der Waals surface area contributed by atoms with Crippen molar-refractivity contribution in [2.45, 2.75) is 27.2 Å². The second-order valence-electron chi connectivity index (χ2n) is 4.08. The average molecular weight is 200 g/mol. The number of aromatic nitrogens is 1. The van der Waals surface area contributed by atoms with E-state index in [1.165, 1.54) is 16.8 Å². The number of rotatable bonds is 0. The molecule has 0 aromatic carbocycles. The van der Waals surface area contributed by atoms with E-state index in [0.29, 0.717) is 0 Å². The van der Waals surface area contributed by atoms with Crippen LogP contribution in [0.3, 0.4) is 0 Å². The predicted octanol–water partition coefficient (Wildman–Crippen LogP) is 1.33. The number of aryl methyl sites for hydroxylation is 2. The molecule has 0 bridgehead atoms. The van der Waals surface area contributed by atoms with Gasteiger partial charge in [-0.25, -0.2) is 0 Å². The lowest BCUT2D eigenvalue weighted by molar-refractivity contribution is -0.561. The second kappa shape index (κ2) is 3.84. The number of nitrogens with zero attached hydrogens (tertiary/aromatic N) is 2. The molecule has 1 aromatic rings. The molecule has 2 heterocycles. The third-order valence-corrected chi connectivity index (χ3v) is 2.56. The molecule has 0 fully saturated rings. The Morgan fingerprint density at radius 2 is 2.07 bits per heavy atom. The number of allylic oxidation sites excluding steroid dienone is 2. The predicted molar refractivity (Wildman–Crippen MR) is 63.1 cm³/mol. The van der Waals surface area contributed by atoms with Crippen LogP contribution in [0.4, 0.5) is 0 Å². The van der Waals surface area contributed by atoms with E-state index in [1.54, 1.807) is 0 Å². The van der Waals surface area contributed by atoms with Crippen molar-refractivity contribution in [1.82, 2.24) is 4.67 Å². The molecule has 15 heavy (non-hydrogen) atoms. The molecule has 0 saturated heterocycles. The SMILES string of the molecule is CC1=CC([n+]2ccc(C)cc2C)=[N+]=CC1. The van der Waals surface area contributed by atoms with Gasteiger partial charge in [-0.15, -0.1) is 0 Å². The lowest BCUT2D eigenvalue weighted by Gasteiger charge is -1.96. The zero-order valence-corrected chi connectivity index (χ0v) is 9.49. The Bertz CT molecular complexity index is 489. The Morgan fingerprint density at radius 3 is 2.73 bits per heavy atom. The Hall–Kier alpha value is -1.66. The fourth-order valence-electron chi connectivity index (χ4n) is 1.75. The van der Waals surface area contributed by atoms with Gasteiger partial charge < -0.3 is 0 Å². The zero-order valence-electron chi connectivity index (χ0n) is 9.49. The van der Waals surface area contributed by atoms with Crippen molar-refractivity contribution in [3.63, 3.8) is 0 Å². The highest BCUT2D eigenvalue weighted by molar-refractivity contribution is 5.90. The van der Waals surface area contributed by atoms with Crippen molar-refractivity contribution in [2.24, 2.45) is 0 Å². The zero-order chi connectivity index (χ0) is 10.8. The summed E-state index contributed by atoms with van der Waals surface area (Å²) in [6.07, 6.45) is 7.15. The average Bonchev–Trinajstić information content (AvgIpc) is 2.17. The Morgan fingerprint density at radius 1 is 1.27 bits per heavy atom. The lowest BCUT2D eigenvalue weighted by atomic mass is 10.2. The summed E-state index contributed by atoms with van der Waals surface area (Å²) in [5.74, 6) is 1.01. The van der Waals surface area contributed by atoms with Crippen LogP contribution in [0.15, 0.2) is 30.0 Å². The minimum Gasteiger partial charge on any atom is -0.0940 e. The van der Waals surface area contributed by atoms with Crippen LogP contribution in [0.25, 0.3) is 0 Å². The molecule has 2 rings (SSSR count). The van der Waals surface area contributed by atoms with Crippen LogP contribution in [-0.2, 0) is 0 Å². The maximum absolute atomic E-state index is 4.42. The van der Waals surface area contributed by atoms with Crippen molar-refractivity contribution in [2.75, 3.05) is 0 Å².